The van der Waals surface area contributed by atoms with Gasteiger partial charge in [0.2, 0.25) is 5.91 Å². The minimum atomic E-state index is -0.616. The Morgan fingerprint density at radius 1 is 1.29 bits per heavy atom. The maximum Gasteiger partial charge on any atom is 0.341 e. The molecule has 2 rings (SSSR count). The molecule has 2 amide bonds. The predicted molar refractivity (Wildman–Crippen MR) is 93.4 cm³/mol. The summed E-state index contributed by atoms with van der Waals surface area (Å²) in [6.45, 7) is 3.56. The summed E-state index contributed by atoms with van der Waals surface area (Å²) >= 11 is 1.03. The van der Waals surface area contributed by atoms with Crippen LogP contribution in [0.15, 0.2) is 0 Å². The Morgan fingerprint density at radius 3 is 2.54 bits per heavy atom. The van der Waals surface area contributed by atoms with Gasteiger partial charge in [-0.05, 0) is 31.7 Å². The number of esters is 1. The van der Waals surface area contributed by atoms with Crippen LogP contribution < -0.4 is 11.1 Å². The van der Waals surface area contributed by atoms with E-state index in [4.69, 9.17) is 10.5 Å². The lowest BCUT2D eigenvalue weighted by Crippen LogP contribution is -2.15. The number of hydrogen-bond donors (Lipinski definition) is 2. The van der Waals surface area contributed by atoms with Gasteiger partial charge in [0, 0.05) is 6.42 Å². The van der Waals surface area contributed by atoms with Gasteiger partial charge in [-0.2, -0.15) is 0 Å². The van der Waals surface area contributed by atoms with E-state index in [1.165, 1.54) is 25.7 Å². The zero-order chi connectivity index (χ0) is 17.7. The first-order chi connectivity index (χ1) is 11.4. The summed E-state index contributed by atoms with van der Waals surface area (Å²) in [6.07, 6.45) is 6.12. The summed E-state index contributed by atoms with van der Waals surface area (Å²) < 4.78 is 5.03. The maximum absolute atomic E-state index is 12.2. The molecule has 24 heavy (non-hydrogen) atoms. The molecule has 1 saturated carbocycles. The van der Waals surface area contributed by atoms with Crippen molar-refractivity contribution in [1.82, 2.24) is 0 Å². The first kappa shape index (κ1) is 18.4. The molecule has 1 heterocycles. The van der Waals surface area contributed by atoms with E-state index in [1.54, 1.807) is 13.8 Å². The highest BCUT2D eigenvalue weighted by Gasteiger charge is 2.26. The second kappa shape index (κ2) is 8.28. The third-order valence-electron chi connectivity index (χ3n) is 4.36. The number of thiophene rings is 1. The fraction of sp³-hybridized carbons (Fsp3) is 0.588. The van der Waals surface area contributed by atoms with Crippen LogP contribution in [-0.2, 0) is 9.53 Å². The predicted octanol–water partition coefficient (Wildman–Crippen LogP) is 3.24. The van der Waals surface area contributed by atoms with Crippen molar-refractivity contribution in [3.8, 4) is 0 Å². The molecule has 1 fully saturated rings. The molecule has 0 radical (unpaired) electrons. The van der Waals surface area contributed by atoms with Crippen LogP contribution in [0.5, 0.6) is 0 Å². The largest absolute Gasteiger partial charge is 0.462 e. The summed E-state index contributed by atoms with van der Waals surface area (Å²) in [4.78, 5) is 36.2. The van der Waals surface area contributed by atoms with Crippen molar-refractivity contribution in [3.63, 3.8) is 0 Å². The van der Waals surface area contributed by atoms with Crippen molar-refractivity contribution in [1.29, 1.82) is 0 Å². The molecule has 0 aromatic carbocycles. The Kier molecular flexibility index (Phi) is 6.36. The van der Waals surface area contributed by atoms with Crippen molar-refractivity contribution in [2.45, 2.75) is 52.4 Å². The number of ether oxygens (including phenoxy) is 1. The Labute approximate surface area is 145 Å². The van der Waals surface area contributed by atoms with Crippen LogP contribution in [0, 0.1) is 12.8 Å². The number of carbonyl (C=O) groups is 3. The van der Waals surface area contributed by atoms with E-state index in [-0.39, 0.29) is 23.0 Å². The molecule has 1 aromatic heterocycles. The SMILES string of the molecule is CCOC(=O)c1c(NC(=O)CCC2CCCC2)sc(C(N)=O)c1C. The van der Waals surface area contributed by atoms with E-state index >= 15 is 0 Å². The van der Waals surface area contributed by atoms with Crippen LogP contribution in [0.2, 0.25) is 0 Å². The fourth-order valence-corrected chi connectivity index (χ4v) is 4.17. The molecule has 0 bridgehead atoms. The molecule has 1 aromatic rings. The van der Waals surface area contributed by atoms with Gasteiger partial charge in [0.15, 0.2) is 0 Å². The number of anilines is 1. The van der Waals surface area contributed by atoms with Gasteiger partial charge in [-0.25, -0.2) is 4.79 Å². The molecule has 7 heteroatoms. The average Bonchev–Trinajstić information content (AvgIpc) is 3.13. The number of amides is 2. The molecule has 132 valence electrons. The number of nitrogens with one attached hydrogen (secondary N) is 1. The van der Waals surface area contributed by atoms with Crippen LogP contribution in [0.25, 0.3) is 0 Å². The fourth-order valence-electron chi connectivity index (χ4n) is 3.11. The second-order valence-electron chi connectivity index (χ2n) is 6.08. The number of carbonyl (C=O) groups excluding carboxylic acids is 3. The smallest absolute Gasteiger partial charge is 0.341 e. The van der Waals surface area contributed by atoms with Gasteiger partial charge in [0.25, 0.3) is 5.91 Å². The molecule has 0 spiro atoms. The molecular formula is C17H24N2O4S. The standard InChI is InChI=1S/C17H24N2O4S/c1-3-23-17(22)13-10(2)14(15(18)21)24-16(13)19-12(20)9-8-11-6-4-5-7-11/h11H,3-9H2,1-2H3,(H2,18,21)(H,19,20). The molecular weight excluding hydrogens is 328 g/mol. The molecule has 1 aliphatic rings. The van der Waals surface area contributed by atoms with E-state index in [0.29, 0.717) is 22.9 Å². The van der Waals surface area contributed by atoms with Gasteiger partial charge in [0.05, 0.1) is 17.0 Å². The number of rotatable bonds is 7. The van der Waals surface area contributed by atoms with E-state index in [2.05, 4.69) is 5.32 Å². The molecule has 6 nitrogen and oxygen atoms in total. The van der Waals surface area contributed by atoms with Crippen molar-refractivity contribution < 1.29 is 19.1 Å². The van der Waals surface area contributed by atoms with Gasteiger partial charge in [-0.15, -0.1) is 11.3 Å². The Bertz CT molecular complexity index is 633. The summed E-state index contributed by atoms with van der Waals surface area (Å²) in [5.74, 6) is -0.699. The van der Waals surface area contributed by atoms with Crippen molar-refractivity contribution in [2.24, 2.45) is 11.7 Å². The Morgan fingerprint density at radius 2 is 1.96 bits per heavy atom. The minimum Gasteiger partial charge on any atom is -0.462 e. The quantitative estimate of drug-likeness (QED) is 0.736. The van der Waals surface area contributed by atoms with Crippen molar-refractivity contribution in [3.05, 3.63) is 16.0 Å². The van der Waals surface area contributed by atoms with E-state index < -0.39 is 11.9 Å². The minimum absolute atomic E-state index is 0.148. The van der Waals surface area contributed by atoms with Crippen molar-refractivity contribution in [2.75, 3.05) is 11.9 Å². The summed E-state index contributed by atoms with van der Waals surface area (Å²) in [7, 11) is 0. The lowest BCUT2D eigenvalue weighted by molar-refractivity contribution is -0.116. The topological polar surface area (TPSA) is 98.5 Å². The number of nitrogens with two attached hydrogens (primary N) is 1. The summed E-state index contributed by atoms with van der Waals surface area (Å²) in [5.41, 5.74) is 6.03. The zero-order valence-corrected chi connectivity index (χ0v) is 15.0. The number of primary amides is 1. The average molecular weight is 352 g/mol. The van der Waals surface area contributed by atoms with Crippen LogP contribution >= 0.6 is 11.3 Å². The first-order valence-corrected chi connectivity index (χ1v) is 9.15. The molecule has 0 saturated heterocycles. The van der Waals surface area contributed by atoms with Crippen molar-refractivity contribution >= 4 is 34.1 Å². The van der Waals surface area contributed by atoms with E-state index in [1.807, 2.05) is 0 Å². The van der Waals surface area contributed by atoms with Gasteiger partial charge >= 0.3 is 5.97 Å². The van der Waals surface area contributed by atoms with Gasteiger partial charge in [-0.3, -0.25) is 9.59 Å². The van der Waals surface area contributed by atoms with Crippen LogP contribution in [-0.4, -0.2) is 24.4 Å². The Hall–Kier alpha value is -1.89. The molecule has 0 unspecified atom stereocenters. The van der Waals surface area contributed by atoms with Gasteiger partial charge < -0.3 is 15.8 Å². The van der Waals surface area contributed by atoms with Gasteiger partial charge in [0.1, 0.15) is 5.00 Å². The van der Waals surface area contributed by atoms with Gasteiger partial charge in [-0.1, -0.05) is 25.7 Å². The highest BCUT2D eigenvalue weighted by Crippen LogP contribution is 2.34. The second-order valence-corrected chi connectivity index (χ2v) is 7.10. The van der Waals surface area contributed by atoms with E-state index in [9.17, 15) is 14.4 Å². The summed E-state index contributed by atoms with van der Waals surface area (Å²) in [6, 6.07) is 0. The third-order valence-corrected chi connectivity index (χ3v) is 5.58. The molecule has 1 aliphatic carbocycles. The monoisotopic (exact) mass is 352 g/mol. The summed E-state index contributed by atoms with van der Waals surface area (Å²) in [5, 5.41) is 3.10. The van der Waals surface area contributed by atoms with Crippen LogP contribution in [0.1, 0.15) is 71.0 Å². The lowest BCUT2D eigenvalue weighted by atomic mass is 10.0. The molecule has 3 N–H and O–H groups in total. The van der Waals surface area contributed by atoms with E-state index in [0.717, 1.165) is 17.8 Å². The highest BCUT2D eigenvalue weighted by molar-refractivity contribution is 7.18. The van der Waals surface area contributed by atoms with Crippen LogP contribution in [0.4, 0.5) is 5.00 Å². The van der Waals surface area contributed by atoms with Crippen LogP contribution in [0.3, 0.4) is 0 Å². The molecule has 0 aliphatic heterocycles. The molecule has 0 atom stereocenters. The first-order valence-electron chi connectivity index (χ1n) is 8.34. The Balaban J connectivity index is 2.12. The number of hydrogen-bond acceptors (Lipinski definition) is 5. The maximum atomic E-state index is 12.2. The third kappa shape index (κ3) is 4.35. The lowest BCUT2D eigenvalue weighted by Gasteiger charge is -2.09. The normalized spacial score (nSPS) is 14.6. The zero-order valence-electron chi connectivity index (χ0n) is 14.1. The highest BCUT2D eigenvalue weighted by atomic mass is 32.1.